The van der Waals surface area contributed by atoms with E-state index in [1.807, 2.05) is 13.8 Å². The number of halogens is 1. The molecule has 0 aliphatic carbocycles. The van der Waals surface area contributed by atoms with Gasteiger partial charge in [-0.05, 0) is 61.1 Å². The minimum atomic E-state index is -0.0884. The van der Waals surface area contributed by atoms with Crippen molar-refractivity contribution in [3.05, 3.63) is 27.8 Å². The molecule has 0 fully saturated rings. The fraction of sp³-hybridized carbons (Fsp3) is 0.455. The first-order valence-corrected chi connectivity index (χ1v) is 5.83. The fourth-order valence-electron chi connectivity index (χ4n) is 1.13. The second-order valence-corrected chi connectivity index (χ2v) is 5.42. The summed E-state index contributed by atoms with van der Waals surface area (Å²) in [5.74, 6) is 0. The van der Waals surface area contributed by atoms with Crippen molar-refractivity contribution < 1.29 is 0 Å². The van der Waals surface area contributed by atoms with Gasteiger partial charge in [0.25, 0.3) is 0 Å². The van der Waals surface area contributed by atoms with E-state index in [-0.39, 0.29) is 5.54 Å². The normalized spacial score (nSPS) is 11.4. The van der Waals surface area contributed by atoms with E-state index in [4.69, 9.17) is 5.73 Å². The Morgan fingerprint density at radius 1 is 1.43 bits per heavy atom. The molecule has 0 spiro atoms. The molecule has 0 aliphatic rings. The molecule has 1 aromatic carbocycles. The van der Waals surface area contributed by atoms with Crippen molar-refractivity contribution in [2.75, 3.05) is 11.9 Å². The second kappa shape index (κ2) is 4.98. The standard InChI is InChI=1S/C11H17IN2/c1-11(2,13)6-7-14-10-5-3-4-9(12)8-10/h3-5,8,14H,6-7,13H2,1-2H3. The van der Waals surface area contributed by atoms with Crippen LogP contribution in [-0.2, 0) is 0 Å². The van der Waals surface area contributed by atoms with E-state index in [0.29, 0.717) is 0 Å². The van der Waals surface area contributed by atoms with E-state index in [0.717, 1.165) is 13.0 Å². The Hall–Kier alpha value is -0.290. The van der Waals surface area contributed by atoms with Gasteiger partial charge in [0, 0.05) is 21.3 Å². The van der Waals surface area contributed by atoms with Gasteiger partial charge in [-0.25, -0.2) is 0 Å². The van der Waals surface area contributed by atoms with Crippen molar-refractivity contribution in [3.63, 3.8) is 0 Å². The Labute approximate surface area is 99.4 Å². The van der Waals surface area contributed by atoms with Crippen LogP contribution in [0.3, 0.4) is 0 Å². The predicted octanol–water partition coefficient (Wildman–Crippen LogP) is 2.83. The highest BCUT2D eigenvalue weighted by Gasteiger charge is 2.08. The Morgan fingerprint density at radius 3 is 2.71 bits per heavy atom. The van der Waals surface area contributed by atoms with Crippen LogP contribution in [-0.4, -0.2) is 12.1 Å². The molecule has 3 heteroatoms. The van der Waals surface area contributed by atoms with Gasteiger partial charge in [-0.1, -0.05) is 6.07 Å². The highest BCUT2D eigenvalue weighted by molar-refractivity contribution is 14.1. The Balaban J connectivity index is 2.39. The third-order valence-corrected chi connectivity index (χ3v) is 2.59. The van der Waals surface area contributed by atoms with Gasteiger partial charge < -0.3 is 11.1 Å². The summed E-state index contributed by atoms with van der Waals surface area (Å²) in [5.41, 5.74) is 6.97. The van der Waals surface area contributed by atoms with Crippen molar-refractivity contribution in [1.82, 2.24) is 0 Å². The third kappa shape index (κ3) is 4.81. The van der Waals surface area contributed by atoms with E-state index in [9.17, 15) is 0 Å². The van der Waals surface area contributed by atoms with E-state index < -0.39 is 0 Å². The molecule has 0 unspecified atom stereocenters. The van der Waals surface area contributed by atoms with Gasteiger partial charge in [-0.15, -0.1) is 0 Å². The van der Waals surface area contributed by atoms with Crippen molar-refractivity contribution >= 4 is 28.3 Å². The number of benzene rings is 1. The van der Waals surface area contributed by atoms with E-state index in [1.54, 1.807) is 0 Å². The smallest absolute Gasteiger partial charge is 0.0350 e. The summed E-state index contributed by atoms with van der Waals surface area (Å²) in [6.45, 7) is 5.01. The number of nitrogens with two attached hydrogens (primary N) is 1. The predicted molar refractivity (Wildman–Crippen MR) is 70.5 cm³/mol. The largest absolute Gasteiger partial charge is 0.385 e. The Kier molecular flexibility index (Phi) is 4.19. The zero-order chi connectivity index (χ0) is 10.6. The van der Waals surface area contributed by atoms with Crippen LogP contribution in [0, 0.1) is 3.57 Å². The average Bonchev–Trinajstić information content (AvgIpc) is 2.01. The number of anilines is 1. The summed E-state index contributed by atoms with van der Waals surface area (Å²) in [6, 6.07) is 8.34. The molecule has 0 atom stereocenters. The lowest BCUT2D eigenvalue weighted by molar-refractivity contribution is 0.491. The van der Waals surface area contributed by atoms with Crippen LogP contribution >= 0.6 is 22.6 Å². The molecule has 0 saturated heterocycles. The molecule has 0 heterocycles. The first-order chi connectivity index (χ1) is 6.47. The molecular formula is C11H17IN2. The van der Waals surface area contributed by atoms with E-state index in [2.05, 4.69) is 52.2 Å². The maximum absolute atomic E-state index is 5.89. The van der Waals surface area contributed by atoms with E-state index >= 15 is 0 Å². The average molecular weight is 304 g/mol. The molecule has 0 aromatic heterocycles. The quantitative estimate of drug-likeness (QED) is 0.840. The molecule has 0 saturated carbocycles. The van der Waals surface area contributed by atoms with Gasteiger partial charge in [-0.2, -0.15) is 0 Å². The highest BCUT2D eigenvalue weighted by atomic mass is 127. The zero-order valence-electron chi connectivity index (χ0n) is 8.68. The minimum Gasteiger partial charge on any atom is -0.385 e. The van der Waals surface area contributed by atoms with Crippen molar-refractivity contribution in [1.29, 1.82) is 0 Å². The lowest BCUT2D eigenvalue weighted by atomic mass is 10.0. The molecule has 0 aliphatic heterocycles. The monoisotopic (exact) mass is 304 g/mol. The van der Waals surface area contributed by atoms with Gasteiger partial charge in [-0.3, -0.25) is 0 Å². The molecule has 0 bridgehead atoms. The molecule has 14 heavy (non-hydrogen) atoms. The number of rotatable bonds is 4. The summed E-state index contributed by atoms with van der Waals surface area (Å²) in [7, 11) is 0. The molecular weight excluding hydrogens is 287 g/mol. The van der Waals surface area contributed by atoms with Crippen LogP contribution < -0.4 is 11.1 Å². The molecule has 78 valence electrons. The SMILES string of the molecule is CC(C)(N)CCNc1cccc(I)c1. The van der Waals surface area contributed by atoms with Crippen LogP contribution in [0.5, 0.6) is 0 Å². The molecule has 3 N–H and O–H groups in total. The van der Waals surface area contributed by atoms with Crippen LogP contribution in [0.4, 0.5) is 5.69 Å². The van der Waals surface area contributed by atoms with Crippen molar-refractivity contribution in [2.45, 2.75) is 25.8 Å². The van der Waals surface area contributed by atoms with Crippen LogP contribution in [0.1, 0.15) is 20.3 Å². The lowest BCUT2D eigenvalue weighted by Gasteiger charge is -2.18. The minimum absolute atomic E-state index is 0.0884. The summed E-state index contributed by atoms with van der Waals surface area (Å²) in [4.78, 5) is 0. The fourth-order valence-corrected chi connectivity index (χ4v) is 1.67. The Bertz CT molecular complexity index is 292. The maximum atomic E-state index is 5.89. The van der Waals surface area contributed by atoms with Crippen LogP contribution in [0.25, 0.3) is 0 Å². The number of hydrogen-bond acceptors (Lipinski definition) is 2. The summed E-state index contributed by atoms with van der Waals surface area (Å²) >= 11 is 2.31. The van der Waals surface area contributed by atoms with E-state index in [1.165, 1.54) is 9.26 Å². The lowest BCUT2D eigenvalue weighted by Crippen LogP contribution is -2.34. The van der Waals surface area contributed by atoms with Crippen LogP contribution in [0.15, 0.2) is 24.3 Å². The molecule has 0 radical (unpaired) electrons. The van der Waals surface area contributed by atoms with Gasteiger partial charge in [0.15, 0.2) is 0 Å². The van der Waals surface area contributed by atoms with Crippen molar-refractivity contribution in [3.8, 4) is 0 Å². The summed E-state index contributed by atoms with van der Waals surface area (Å²) < 4.78 is 1.25. The summed E-state index contributed by atoms with van der Waals surface area (Å²) in [6.07, 6.45) is 0.971. The zero-order valence-corrected chi connectivity index (χ0v) is 10.8. The number of hydrogen-bond donors (Lipinski definition) is 2. The first kappa shape index (κ1) is 11.8. The maximum Gasteiger partial charge on any atom is 0.0350 e. The second-order valence-electron chi connectivity index (χ2n) is 4.18. The molecule has 1 aromatic rings. The number of nitrogens with one attached hydrogen (secondary N) is 1. The summed E-state index contributed by atoms with van der Waals surface area (Å²) in [5, 5.41) is 3.36. The molecule has 0 amide bonds. The van der Waals surface area contributed by atoms with Crippen molar-refractivity contribution in [2.24, 2.45) is 5.73 Å². The Morgan fingerprint density at radius 2 is 2.14 bits per heavy atom. The topological polar surface area (TPSA) is 38.0 Å². The third-order valence-electron chi connectivity index (χ3n) is 1.92. The van der Waals surface area contributed by atoms with Gasteiger partial charge in [0.2, 0.25) is 0 Å². The molecule has 1 rings (SSSR count). The molecule has 2 nitrogen and oxygen atoms in total. The van der Waals surface area contributed by atoms with Gasteiger partial charge in [0.05, 0.1) is 0 Å². The van der Waals surface area contributed by atoms with Crippen LogP contribution in [0.2, 0.25) is 0 Å². The van der Waals surface area contributed by atoms with Gasteiger partial charge >= 0.3 is 0 Å². The van der Waals surface area contributed by atoms with Gasteiger partial charge in [0.1, 0.15) is 0 Å². The first-order valence-electron chi connectivity index (χ1n) is 4.76. The highest BCUT2D eigenvalue weighted by Crippen LogP contribution is 2.13.